The van der Waals surface area contributed by atoms with Gasteiger partial charge in [-0.05, 0) is 23.6 Å². The topological polar surface area (TPSA) is 77.1 Å². The summed E-state index contributed by atoms with van der Waals surface area (Å²) in [6.07, 6.45) is -0.518. The number of rotatable bonds is 7. The summed E-state index contributed by atoms with van der Waals surface area (Å²) in [5.74, 6) is 1.03. The molecule has 2 amide bonds. The largest absolute Gasteiger partial charge is 0.493 e. The number of amides is 2. The zero-order chi connectivity index (χ0) is 18.5. The van der Waals surface area contributed by atoms with Gasteiger partial charge < -0.3 is 19.5 Å². The van der Waals surface area contributed by atoms with Gasteiger partial charge in [-0.3, -0.25) is 9.69 Å². The molecule has 1 aliphatic rings. The maximum atomic E-state index is 12.2. The highest BCUT2D eigenvalue weighted by Crippen LogP contribution is 2.33. The van der Waals surface area contributed by atoms with E-state index in [0.29, 0.717) is 30.2 Å². The first-order valence-corrected chi connectivity index (χ1v) is 8.98. The molecule has 1 aliphatic heterocycles. The van der Waals surface area contributed by atoms with Gasteiger partial charge in [-0.25, -0.2) is 4.79 Å². The molecule has 2 heterocycles. The quantitative estimate of drug-likeness (QED) is 0.803. The Labute approximate surface area is 155 Å². The number of carbonyl (C=O) groups is 2. The summed E-state index contributed by atoms with van der Waals surface area (Å²) < 4.78 is 15.8. The van der Waals surface area contributed by atoms with Crippen molar-refractivity contribution in [2.24, 2.45) is 0 Å². The van der Waals surface area contributed by atoms with Gasteiger partial charge in [0.2, 0.25) is 5.91 Å². The van der Waals surface area contributed by atoms with Crippen LogP contribution in [0.2, 0.25) is 0 Å². The molecule has 1 N–H and O–H groups in total. The van der Waals surface area contributed by atoms with Crippen molar-refractivity contribution in [3.05, 3.63) is 40.6 Å². The monoisotopic (exact) mass is 376 g/mol. The van der Waals surface area contributed by atoms with E-state index in [9.17, 15) is 9.59 Å². The maximum Gasteiger partial charge on any atom is 0.414 e. The number of hydrogen-bond donors (Lipinski definition) is 1. The molecule has 0 spiro atoms. The summed E-state index contributed by atoms with van der Waals surface area (Å²) in [6, 6.07) is 9.04. The number of cyclic esters (lactones) is 1. The Balaban J connectivity index is 1.57. The third-order valence-corrected chi connectivity index (χ3v) is 4.87. The summed E-state index contributed by atoms with van der Waals surface area (Å²) in [5, 5.41) is 4.75. The van der Waals surface area contributed by atoms with Crippen LogP contribution in [0.3, 0.4) is 0 Å². The summed E-state index contributed by atoms with van der Waals surface area (Å²) in [4.78, 5) is 26.6. The van der Waals surface area contributed by atoms with Gasteiger partial charge in [0.25, 0.3) is 0 Å². The average Bonchev–Trinajstić information content (AvgIpc) is 3.28. The van der Waals surface area contributed by atoms with Crippen LogP contribution in [0.25, 0.3) is 0 Å². The van der Waals surface area contributed by atoms with E-state index in [1.807, 2.05) is 17.5 Å². The number of carbonyl (C=O) groups excluding carboxylic acids is 2. The first kappa shape index (κ1) is 18.1. The van der Waals surface area contributed by atoms with Gasteiger partial charge in [0, 0.05) is 10.9 Å². The Kier molecular flexibility index (Phi) is 5.62. The molecule has 7 nitrogen and oxygen atoms in total. The predicted molar refractivity (Wildman–Crippen MR) is 98.2 cm³/mol. The first-order valence-electron chi connectivity index (χ1n) is 8.10. The highest BCUT2D eigenvalue weighted by Gasteiger charge is 2.33. The molecule has 1 fully saturated rings. The van der Waals surface area contributed by atoms with E-state index >= 15 is 0 Å². The fourth-order valence-corrected chi connectivity index (χ4v) is 3.40. The van der Waals surface area contributed by atoms with Gasteiger partial charge in [0.1, 0.15) is 6.10 Å². The van der Waals surface area contributed by atoms with Crippen LogP contribution in [-0.2, 0) is 16.0 Å². The molecule has 138 valence electrons. The van der Waals surface area contributed by atoms with Crippen LogP contribution in [0.5, 0.6) is 11.5 Å². The third kappa shape index (κ3) is 4.08. The second-order valence-electron chi connectivity index (χ2n) is 5.72. The lowest BCUT2D eigenvalue weighted by Gasteiger charge is -2.15. The van der Waals surface area contributed by atoms with E-state index in [-0.39, 0.29) is 12.5 Å². The van der Waals surface area contributed by atoms with Crippen LogP contribution in [0.4, 0.5) is 10.5 Å². The Hall–Kier alpha value is -2.74. The molecule has 1 aromatic carbocycles. The first-order chi connectivity index (χ1) is 12.6. The van der Waals surface area contributed by atoms with Gasteiger partial charge in [-0.1, -0.05) is 6.07 Å². The molecule has 0 saturated carbocycles. The van der Waals surface area contributed by atoms with E-state index in [0.717, 1.165) is 4.88 Å². The molecule has 0 bridgehead atoms. The lowest BCUT2D eigenvalue weighted by Crippen LogP contribution is -2.35. The molecule has 2 aromatic rings. The Bertz CT molecular complexity index is 778. The minimum atomic E-state index is -0.449. The van der Waals surface area contributed by atoms with E-state index < -0.39 is 12.2 Å². The van der Waals surface area contributed by atoms with Crippen molar-refractivity contribution in [1.82, 2.24) is 5.32 Å². The van der Waals surface area contributed by atoms with Crippen LogP contribution >= 0.6 is 11.3 Å². The predicted octanol–water partition coefficient (Wildman–Crippen LogP) is 2.45. The van der Waals surface area contributed by atoms with Crippen molar-refractivity contribution in [2.75, 3.05) is 32.2 Å². The number of methoxy groups -OCH3 is 2. The highest BCUT2D eigenvalue weighted by atomic mass is 32.1. The van der Waals surface area contributed by atoms with Gasteiger partial charge in [0.15, 0.2) is 11.5 Å². The molecular formula is C18H20N2O5S. The average molecular weight is 376 g/mol. The molecule has 3 rings (SSSR count). The minimum Gasteiger partial charge on any atom is -0.493 e. The van der Waals surface area contributed by atoms with E-state index in [4.69, 9.17) is 14.2 Å². The van der Waals surface area contributed by atoms with Crippen molar-refractivity contribution in [1.29, 1.82) is 0 Å². The van der Waals surface area contributed by atoms with Crippen molar-refractivity contribution >= 4 is 29.0 Å². The zero-order valence-corrected chi connectivity index (χ0v) is 15.4. The van der Waals surface area contributed by atoms with Gasteiger partial charge >= 0.3 is 6.09 Å². The number of hydrogen-bond acceptors (Lipinski definition) is 6. The van der Waals surface area contributed by atoms with Crippen molar-refractivity contribution < 1.29 is 23.8 Å². The van der Waals surface area contributed by atoms with Crippen LogP contribution in [0, 0.1) is 0 Å². The minimum absolute atomic E-state index is 0.0898. The summed E-state index contributed by atoms with van der Waals surface area (Å²) >= 11 is 1.54. The molecule has 0 aliphatic carbocycles. The number of thiophene rings is 1. The smallest absolute Gasteiger partial charge is 0.414 e. The van der Waals surface area contributed by atoms with Crippen molar-refractivity contribution in [3.63, 3.8) is 0 Å². The molecule has 1 unspecified atom stereocenters. The Morgan fingerprint density at radius 1 is 1.31 bits per heavy atom. The lowest BCUT2D eigenvalue weighted by molar-refractivity contribution is -0.120. The number of anilines is 1. The number of ether oxygens (including phenoxy) is 3. The molecule has 1 saturated heterocycles. The van der Waals surface area contributed by atoms with Gasteiger partial charge in [-0.2, -0.15) is 0 Å². The zero-order valence-electron chi connectivity index (χ0n) is 14.6. The number of nitrogens with zero attached hydrogens (tertiary/aromatic N) is 1. The number of nitrogens with one attached hydrogen (secondary N) is 1. The SMILES string of the molecule is COc1ccc(N2CC(CNC(=O)Cc3cccs3)OC2=O)cc1OC. The second-order valence-corrected chi connectivity index (χ2v) is 6.75. The van der Waals surface area contributed by atoms with E-state index in [2.05, 4.69) is 5.32 Å². The molecule has 26 heavy (non-hydrogen) atoms. The standard InChI is InChI=1S/C18H20N2O5S/c1-23-15-6-5-12(8-16(15)24-2)20-11-13(25-18(20)22)10-19-17(21)9-14-4-3-7-26-14/h3-8,13H,9-11H2,1-2H3,(H,19,21). The Morgan fingerprint density at radius 2 is 2.12 bits per heavy atom. The normalized spacial score (nSPS) is 16.3. The van der Waals surface area contributed by atoms with Crippen LogP contribution < -0.4 is 19.7 Å². The summed E-state index contributed by atoms with van der Waals surface area (Å²) in [6.45, 7) is 0.632. The fourth-order valence-electron chi connectivity index (χ4n) is 2.69. The molecule has 0 radical (unpaired) electrons. The van der Waals surface area contributed by atoms with Crippen molar-refractivity contribution in [3.8, 4) is 11.5 Å². The van der Waals surface area contributed by atoms with Gasteiger partial charge in [-0.15, -0.1) is 11.3 Å². The Morgan fingerprint density at radius 3 is 2.81 bits per heavy atom. The fraction of sp³-hybridized carbons (Fsp3) is 0.333. The maximum absolute atomic E-state index is 12.2. The molecule has 1 atom stereocenters. The third-order valence-electron chi connectivity index (χ3n) is 3.99. The molecular weight excluding hydrogens is 356 g/mol. The molecule has 8 heteroatoms. The summed E-state index contributed by atoms with van der Waals surface area (Å²) in [7, 11) is 3.09. The number of benzene rings is 1. The van der Waals surface area contributed by atoms with Crippen LogP contribution in [-0.4, -0.2) is 45.4 Å². The van der Waals surface area contributed by atoms with Crippen molar-refractivity contribution in [2.45, 2.75) is 12.5 Å². The van der Waals surface area contributed by atoms with Gasteiger partial charge in [0.05, 0.1) is 39.4 Å². The molecule has 1 aromatic heterocycles. The van der Waals surface area contributed by atoms with Crippen LogP contribution in [0.15, 0.2) is 35.7 Å². The second kappa shape index (κ2) is 8.09. The van der Waals surface area contributed by atoms with Crippen LogP contribution in [0.1, 0.15) is 4.88 Å². The van der Waals surface area contributed by atoms with E-state index in [1.54, 1.807) is 25.3 Å². The lowest BCUT2D eigenvalue weighted by atomic mass is 10.2. The summed E-state index contributed by atoms with van der Waals surface area (Å²) in [5.41, 5.74) is 0.653. The highest BCUT2D eigenvalue weighted by molar-refractivity contribution is 7.10. The van der Waals surface area contributed by atoms with E-state index in [1.165, 1.54) is 23.3 Å².